The first-order chi connectivity index (χ1) is 15.1. The molecule has 1 N–H and O–H groups in total. The first-order valence-corrected chi connectivity index (χ1v) is 10.2. The lowest BCUT2D eigenvalue weighted by molar-refractivity contribution is -0.162. The molecule has 2 atom stereocenters. The summed E-state index contributed by atoms with van der Waals surface area (Å²) in [7, 11) is 0. The molecule has 0 spiro atoms. The van der Waals surface area contributed by atoms with Crippen molar-refractivity contribution in [1.82, 2.24) is 4.90 Å². The van der Waals surface area contributed by atoms with Crippen LogP contribution in [0.25, 0.3) is 0 Å². The van der Waals surface area contributed by atoms with Crippen LogP contribution in [0.15, 0.2) is 36.4 Å². The van der Waals surface area contributed by atoms with Gasteiger partial charge in [0, 0.05) is 36.2 Å². The van der Waals surface area contributed by atoms with Crippen LogP contribution in [-0.4, -0.2) is 35.6 Å². The molecule has 2 unspecified atom stereocenters. The molecule has 4 rings (SSSR count). The minimum absolute atomic E-state index is 0.0155. The molecule has 2 aromatic rings. The van der Waals surface area contributed by atoms with Gasteiger partial charge in [0.2, 0.25) is 0 Å². The first-order valence-electron chi connectivity index (χ1n) is 10.2. The Bertz CT molecular complexity index is 1100. The van der Waals surface area contributed by atoms with Gasteiger partial charge in [0.25, 0.3) is 11.8 Å². The minimum atomic E-state index is -4.22. The van der Waals surface area contributed by atoms with Gasteiger partial charge in [0.15, 0.2) is 0 Å². The number of likely N-dealkylation sites (tertiary alicyclic amines) is 1. The summed E-state index contributed by atoms with van der Waals surface area (Å²) in [5, 5.41) is 2.44. The molecule has 0 radical (unpaired) electrons. The number of hydrogen-bond acceptors (Lipinski definition) is 3. The van der Waals surface area contributed by atoms with E-state index in [4.69, 9.17) is 0 Å². The maximum atomic E-state index is 15.0. The van der Waals surface area contributed by atoms with Gasteiger partial charge in [-0.25, -0.2) is 8.78 Å². The number of ketones is 1. The summed E-state index contributed by atoms with van der Waals surface area (Å²) in [6.07, 6.45) is 1.09. The second kappa shape index (κ2) is 8.03. The van der Waals surface area contributed by atoms with Gasteiger partial charge >= 0.3 is 5.92 Å². The highest BCUT2D eigenvalue weighted by molar-refractivity contribution is 6.04. The number of carbonyl (C=O) groups is 3. The number of carbonyl (C=O) groups excluding carboxylic acids is 3. The Kier molecular flexibility index (Phi) is 5.52. The molecule has 5 nitrogen and oxygen atoms in total. The van der Waals surface area contributed by atoms with Gasteiger partial charge in [0.1, 0.15) is 17.4 Å². The number of piperidine rings is 1. The van der Waals surface area contributed by atoms with Crippen LogP contribution in [0.4, 0.5) is 23.2 Å². The number of rotatable bonds is 4. The summed E-state index contributed by atoms with van der Waals surface area (Å²) in [6, 6.07) is 6.17. The standard InChI is InChI=1S/C23H20F4N2O3/c1-12-8-16(5-7-18(12)24)28-21(31)13-4-6-19(25)17(9-13)23(26,27)22(32)29-10-14-2-3-15(11-29)20(14)30/h4-9,14-15H,2-3,10-11H2,1H3,(H,28,31). The largest absolute Gasteiger partial charge is 0.352 e. The number of aryl methyl sites for hydroxylation is 1. The first kappa shape index (κ1) is 22.0. The van der Waals surface area contributed by atoms with E-state index >= 15 is 8.78 Å². The highest BCUT2D eigenvalue weighted by Gasteiger charge is 2.50. The predicted octanol–water partition coefficient (Wildman–Crippen LogP) is 4.05. The van der Waals surface area contributed by atoms with Gasteiger partial charge in [-0.3, -0.25) is 14.4 Å². The molecule has 2 aromatic carbocycles. The molecule has 32 heavy (non-hydrogen) atoms. The Hall–Kier alpha value is -3.23. The summed E-state index contributed by atoms with van der Waals surface area (Å²) in [5.41, 5.74) is -0.996. The lowest BCUT2D eigenvalue weighted by Gasteiger charge is -2.33. The second-order valence-corrected chi connectivity index (χ2v) is 8.27. The predicted molar refractivity (Wildman–Crippen MR) is 107 cm³/mol. The molecular weight excluding hydrogens is 428 g/mol. The maximum absolute atomic E-state index is 15.0. The molecular formula is C23H20F4N2O3. The topological polar surface area (TPSA) is 66.5 Å². The number of anilines is 1. The van der Waals surface area contributed by atoms with E-state index in [1.54, 1.807) is 0 Å². The summed E-state index contributed by atoms with van der Waals surface area (Å²) in [6.45, 7) is 1.26. The molecule has 2 amide bonds. The normalized spacial score (nSPS) is 20.4. The maximum Gasteiger partial charge on any atom is 0.352 e. The van der Waals surface area contributed by atoms with E-state index in [0.717, 1.165) is 17.0 Å². The fourth-order valence-electron chi connectivity index (χ4n) is 4.30. The number of fused-ring (bicyclic) bond motifs is 2. The van der Waals surface area contributed by atoms with Crippen LogP contribution in [0, 0.1) is 30.4 Å². The smallest absolute Gasteiger partial charge is 0.336 e. The highest BCUT2D eigenvalue weighted by Crippen LogP contribution is 2.38. The third-order valence-electron chi connectivity index (χ3n) is 6.09. The molecule has 9 heteroatoms. The van der Waals surface area contributed by atoms with E-state index in [-0.39, 0.29) is 35.7 Å². The fraction of sp³-hybridized carbons (Fsp3) is 0.348. The minimum Gasteiger partial charge on any atom is -0.336 e. The molecule has 1 aliphatic carbocycles. The van der Waals surface area contributed by atoms with Crippen molar-refractivity contribution in [3.05, 3.63) is 64.7 Å². The monoisotopic (exact) mass is 448 g/mol. The number of alkyl halides is 2. The van der Waals surface area contributed by atoms with E-state index < -0.39 is 46.8 Å². The van der Waals surface area contributed by atoms with Crippen LogP contribution in [0.2, 0.25) is 0 Å². The molecule has 1 aliphatic heterocycles. The average molecular weight is 448 g/mol. The van der Waals surface area contributed by atoms with Crippen LogP contribution in [-0.2, 0) is 15.5 Å². The van der Waals surface area contributed by atoms with Gasteiger partial charge < -0.3 is 10.2 Å². The van der Waals surface area contributed by atoms with Gasteiger partial charge in [-0.2, -0.15) is 8.78 Å². The van der Waals surface area contributed by atoms with Crippen LogP contribution in [0.1, 0.15) is 34.3 Å². The molecule has 168 valence electrons. The quantitative estimate of drug-likeness (QED) is 0.718. The molecule has 1 saturated heterocycles. The number of Topliss-reactive ketones (excluding diaryl/α,β-unsaturated/α-hetero) is 1. The Labute approximate surface area is 181 Å². The van der Waals surface area contributed by atoms with Gasteiger partial charge in [-0.1, -0.05) is 0 Å². The van der Waals surface area contributed by atoms with Crippen molar-refractivity contribution < 1.29 is 31.9 Å². The molecule has 2 aliphatic rings. The Morgan fingerprint density at radius 2 is 1.62 bits per heavy atom. The van der Waals surface area contributed by atoms with Crippen molar-refractivity contribution in [1.29, 1.82) is 0 Å². The Morgan fingerprint density at radius 3 is 2.25 bits per heavy atom. The van der Waals surface area contributed by atoms with Crippen molar-refractivity contribution >= 4 is 23.3 Å². The third kappa shape index (κ3) is 3.87. The summed E-state index contributed by atoms with van der Waals surface area (Å²) < 4.78 is 57.8. The second-order valence-electron chi connectivity index (χ2n) is 8.27. The average Bonchev–Trinajstić information content (AvgIpc) is 2.96. The number of benzene rings is 2. The van der Waals surface area contributed by atoms with E-state index in [1.807, 2.05) is 0 Å². The number of amides is 2. The van der Waals surface area contributed by atoms with Gasteiger partial charge in [-0.05, 0) is 61.7 Å². The molecule has 2 bridgehead atoms. The third-order valence-corrected chi connectivity index (χ3v) is 6.09. The van der Waals surface area contributed by atoms with E-state index in [9.17, 15) is 23.2 Å². The summed E-state index contributed by atoms with van der Waals surface area (Å²) >= 11 is 0. The van der Waals surface area contributed by atoms with Crippen LogP contribution < -0.4 is 5.32 Å². The molecule has 1 heterocycles. The number of nitrogens with zero attached hydrogens (tertiary/aromatic N) is 1. The van der Waals surface area contributed by atoms with Gasteiger partial charge in [0.05, 0.1) is 5.56 Å². The molecule has 1 saturated carbocycles. The number of halogens is 4. The zero-order chi connectivity index (χ0) is 23.2. The summed E-state index contributed by atoms with van der Waals surface area (Å²) in [5.74, 6) is -9.36. The number of nitrogens with one attached hydrogen (secondary N) is 1. The van der Waals surface area contributed by atoms with Crippen molar-refractivity contribution in [2.45, 2.75) is 25.7 Å². The zero-order valence-electron chi connectivity index (χ0n) is 17.1. The summed E-state index contributed by atoms with van der Waals surface area (Å²) in [4.78, 5) is 38.0. The fourth-order valence-corrected chi connectivity index (χ4v) is 4.30. The van der Waals surface area contributed by atoms with Crippen LogP contribution in [0.3, 0.4) is 0 Å². The Morgan fingerprint density at radius 1 is 1.00 bits per heavy atom. The number of hydrogen-bond donors (Lipinski definition) is 1. The lowest BCUT2D eigenvalue weighted by atomic mass is 9.95. The highest BCUT2D eigenvalue weighted by atomic mass is 19.3. The SMILES string of the molecule is Cc1cc(NC(=O)c2ccc(F)c(C(F)(F)C(=O)N3CC4CCC(C3)C4=O)c2)ccc1F. The van der Waals surface area contributed by atoms with Crippen LogP contribution in [0.5, 0.6) is 0 Å². The van der Waals surface area contributed by atoms with Gasteiger partial charge in [-0.15, -0.1) is 0 Å². The lowest BCUT2D eigenvalue weighted by Crippen LogP contribution is -2.50. The van der Waals surface area contributed by atoms with Crippen molar-refractivity contribution in [2.75, 3.05) is 18.4 Å². The molecule has 0 aromatic heterocycles. The van der Waals surface area contributed by atoms with E-state index in [2.05, 4.69) is 5.32 Å². The van der Waals surface area contributed by atoms with Crippen molar-refractivity contribution in [3.8, 4) is 0 Å². The van der Waals surface area contributed by atoms with E-state index in [1.165, 1.54) is 19.1 Å². The zero-order valence-corrected chi connectivity index (χ0v) is 17.1. The molecule has 2 fully saturated rings. The van der Waals surface area contributed by atoms with Crippen molar-refractivity contribution in [2.24, 2.45) is 11.8 Å². The van der Waals surface area contributed by atoms with Crippen molar-refractivity contribution in [3.63, 3.8) is 0 Å². The Balaban J connectivity index is 1.57. The van der Waals surface area contributed by atoms with Crippen LogP contribution >= 0.6 is 0 Å². The van der Waals surface area contributed by atoms with E-state index in [0.29, 0.717) is 25.0 Å².